The molecule has 0 saturated heterocycles. The summed E-state index contributed by atoms with van der Waals surface area (Å²) in [7, 11) is 0. The monoisotopic (exact) mass is 449 g/mol. The van der Waals surface area contributed by atoms with Crippen LogP contribution in [0.4, 0.5) is 5.69 Å². The summed E-state index contributed by atoms with van der Waals surface area (Å²) in [6, 6.07) is 0. The largest absolute Gasteiger partial charge is 0.456 e. The van der Waals surface area contributed by atoms with Gasteiger partial charge in [-0.2, -0.15) is 0 Å². The fourth-order valence-electron chi connectivity index (χ4n) is 2.34. The fraction of sp³-hybridized carbons (Fsp3) is 0.524. The van der Waals surface area contributed by atoms with Crippen molar-refractivity contribution in [1.82, 2.24) is 0 Å². The minimum atomic E-state index is -0.769. The summed E-state index contributed by atoms with van der Waals surface area (Å²) in [5, 5.41) is 0.976. The van der Waals surface area contributed by atoms with E-state index in [-0.39, 0.29) is 16.8 Å². The summed E-state index contributed by atoms with van der Waals surface area (Å²) in [5.74, 6) is -1.22. The number of halogens is 2. The van der Waals surface area contributed by atoms with Gasteiger partial charge in [-0.15, -0.1) is 0 Å². The first-order valence-corrected chi connectivity index (χ1v) is 10.3. The Balaban J connectivity index is -0.00000103. The highest BCUT2D eigenvalue weighted by molar-refractivity contribution is 6.69. The third-order valence-electron chi connectivity index (χ3n) is 3.31. The van der Waals surface area contributed by atoms with Crippen molar-refractivity contribution in [2.24, 2.45) is 0 Å². The fourth-order valence-corrected chi connectivity index (χ4v) is 2.91. The molecule has 0 saturated carbocycles. The number of benzene rings is 1. The van der Waals surface area contributed by atoms with Gasteiger partial charge in [0.25, 0.3) is 16.4 Å². The van der Waals surface area contributed by atoms with Crippen molar-refractivity contribution in [3.05, 3.63) is 27.8 Å². The molecule has 29 heavy (non-hydrogen) atoms. The van der Waals surface area contributed by atoms with Crippen LogP contribution in [-0.2, 0) is 14.3 Å². The summed E-state index contributed by atoms with van der Waals surface area (Å²) >= 11 is 11.2. The van der Waals surface area contributed by atoms with E-state index in [0.29, 0.717) is 16.7 Å². The van der Waals surface area contributed by atoms with E-state index >= 15 is 0 Å². The van der Waals surface area contributed by atoms with Gasteiger partial charge in [-0.3, -0.25) is 19.2 Å². The van der Waals surface area contributed by atoms with Crippen LogP contribution >= 0.6 is 23.2 Å². The van der Waals surface area contributed by atoms with E-state index in [1.54, 1.807) is 20.8 Å². The van der Waals surface area contributed by atoms with Gasteiger partial charge in [-0.05, 0) is 60.7 Å². The van der Waals surface area contributed by atoms with Crippen molar-refractivity contribution < 1.29 is 23.9 Å². The third kappa shape index (κ3) is 9.90. The van der Waals surface area contributed by atoms with Gasteiger partial charge < -0.3 is 10.1 Å². The number of esters is 1. The van der Waals surface area contributed by atoms with Crippen molar-refractivity contribution in [2.75, 3.05) is 11.9 Å². The number of ether oxygens (including phenoxy) is 1. The Morgan fingerprint density at radius 1 is 0.759 bits per heavy atom. The Labute approximate surface area is 184 Å². The zero-order chi connectivity index (χ0) is 23.9. The maximum atomic E-state index is 11.8. The van der Waals surface area contributed by atoms with E-state index in [0.717, 1.165) is 0 Å². The third-order valence-corrected chi connectivity index (χ3v) is 3.69. The molecule has 0 atom stereocenters. The summed E-state index contributed by atoms with van der Waals surface area (Å²) in [6.45, 7) is 17.4. The molecule has 0 fully saturated rings. The molecule has 1 aromatic carbocycles. The minimum Gasteiger partial charge on any atom is -0.456 e. The van der Waals surface area contributed by atoms with Crippen LogP contribution in [-0.4, -0.2) is 29.0 Å². The van der Waals surface area contributed by atoms with Crippen LogP contribution < -0.4 is 5.32 Å². The maximum Gasteiger partial charge on any atom is 0.303 e. The number of nitrogens with one attached hydrogen (secondary N) is 1. The molecule has 1 N–H and O–H groups in total. The Morgan fingerprint density at radius 3 is 1.38 bits per heavy atom. The van der Waals surface area contributed by atoms with Gasteiger partial charge in [0.15, 0.2) is 6.61 Å². The molecule has 1 aromatic rings. The molecule has 1 rings (SSSR count). The molecule has 0 bridgehead atoms. The lowest BCUT2D eigenvalue weighted by molar-refractivity contribution is -0.144. The highest BCUT2D eigenvalue weighted by Crippen LogP contribution is 2.33. The summed E-state index contributed by atoms with van der Waals surface area (Å²) < 4.78 is 4.60. The number of amides is 1. The van der Waals surface area contributed by atoms with E-state index in [9.17, 15) is 19.2 Å². The first kappa shape index (κ1) is 31.8. The predicted octanol–water partition coefficient (Wildman–Crippen LogP) is 5.95. The van der Waals surface area contributed by atoms with Crippen LogP contribution in [0.1, 0.15) is 85.9 Å². The number of anilines is 1. The minimum absolute atomic E-state index is 0.101. The van der Waals surface area contributed by atoms with Crippen LogP contribution in [0, 0.1) is 20.8 Å². The molecule has 6 nitrogen and oxygen atoms in total. The molecular weight excluding hydrogens is 417 g/mol. The summed E-state index contributed by atoms with van der Waals surface area (Å²) in [5.41, 5.74) is 1.59. The smallest absolute Gasteiger partial charge is 0.303 e. The second-order valence-corrected chi connectivity index (χ2v) is 5.56. The lowest BCUT2D eigenvalue weighted by Gasteiger charge is -2.19. The maximum absolute atomic E-state index is 11.8. The first-order valence-electron chi connectivity index (χ1n) is 9.54. The van der Waals surface area contributed by atoms with Crippen LogP contribution in [0.5, 0.6) is 0 Å². The van der Waals surface area contributed by atoms with Crippen molar-refractivity contribution in [3.8, 4) is 0 Å². The van der Waals surface area contributed by atoms with Crippen LogP contribution in [0.3, 0.4) is 0 Å². The quantitative estimate of drug-likeness (QED) is 0.442. The SMILES string of the molecule is CC.CC.CC.CC(=O)OCC(=O)Nc1c(C)c(C(=O)Cl)c(C)c(C(=O)Cl)c1C. The van der Waals surface area contributed by atoms with Crippen molar-refractivity contribution in [1.29, 1.82) is 0 Å². The molecule has 166 valence electrons. The number of rotatable bonds is 5. The van der Waals surface area contributed by atoms with Crippen molar-refractivity contribution in [3.63, 3.8) is 0 Å². The van der Waals surface area contributed by atoms with E-state index in [1.165, 1.54) is 6.92 Å². The van der Waals surface area contributed by atoms with Crippen LogP contribution in [0.2, 0.25) is 0 Å². The molecule has 0 radical (unpaired) electrons. The molecule has 1 amide bonds. The average Bonchev–Trinajstić information content (AvgIpc) is 2.67. The molecule has 0 aromatic heterocycles. The second-order valence-electron chi connectivity index (χ2n) is 4.88. The summed E-state index contributed by atoms with van der Waals surface area (Å²) in [4.78, 5) is 45.9. The topological polar surface area (TPSA) is 89.5 Å². The highest BCUT2D eigenvalue weighted by Gasteiger charge is 2.24. The number of carbonyl (C=O) groups excluding carboxylic acids is 4. The average molecular weight is 450 g/mol. The lowest BCUT2D eigenvalue weighted by Crippen LogP contribution is -2.22. The van der Waals surface area contributed by atoms with E-state index in [2.05, 4.69) is 10.1 Å². The highest BCUT2D eigenvalue weighted by atomic mass is 35.5. The van der Waals surface area contributed by atoms with Gasteiger partial charge in [0.05, 0.1) is 0 Å². The zero-order valence-corrected chi connectivity index (χ0v) is 20.5. The number of carbonyl (C=O) groups is 4. The molecule has 0 spiro atoms. The van der Waals surface area contributed by atoms with Gasteiger partial charge in [-0.25, -0.2) is 0 Å². The normalized spacial score (nSPS) is 8.69. The molecular formula is C21H33Cl2NO5. The second kappa shape index (κ2) is 17.0. The van der Waals surface area contributed by atoms with E-state index < -0.39 is 29.0 Å². The molecule has 0 aliphatic heterocycles. The molecule has 0 aliphatic carbocycles. The molecule has 0 heterocycles. The number of hydrogen-bond acceptors (Lipinski definition) is 5. The summed E-state index contributed by atoms with van der Waals surface area (Å²) in [6.07, 6.45) is 0. The molecule has 0 unspecified atom stereocenters. The van der Waals surface area contributed by atoms with Gasteiger partial charge in [0, 0.05) is 23.7 Å². The van der Waals surface area contributed by atoms with Gasteiger partial charge in [0.1, 0.15) is 0 Å². The number of hydrogen-bond donors (Lipinski definition) is 1. The predicted molar refractivity (Wildman–Crippen MR) is 120 cm³/mol. The zero-order valence-electron chi connectivity index (χ0n) is 19.0. The first-order chi connectivity index (χ1) is 13.6. The van der Waals surface area contributed by atoms with E-state index in [4.69, 9.17) is 23.2 Å². The Bertz CT molecular complexity index is 675. The standard InChI is InChI=1S/C15H15Cl2NO5.3C2H6/c1-6-11(14(16)21)7(2)13(8(3)12(6)15(17)22)18-10(20)5-23-9(4)19;3*1-2/h5H2,1-4H3,(H,18,20);3*1-2H3. The molecule has 8 heteroatoms. The Kier molecular flexibility index (Phi) is 18.6. The van der Waals surface area contributed by atoms with Crippen LogP contribution in [0.15, 0.2) is 0 Å². The van der Waals surface area contributed by atoms with Gasteiger partial charge in [-0.1, -0.05) is 41.5 Å². The van der Waals surface area contributed by atoms with Crippen molar-refractivity contribution in [2.45, 2.75) is 69.2 Å². The van der Waals surface area contributed by atoms with Gasteiger partial charge in [0.2, 0.25) is 0 Å². The van der Waals surface area contributed by atoms with Crippen LogP contribution in [0.25, 0.3) is 0 Å². The lowest BCUT2D eigenvalue weighted by atomic mass is 9.92. The van der Waals surface area contributed by atoms with Gasteiger partial charge >= 0.3 is 5.97 Å². The van der Waals surface area contributed by atoms with Crippen molar-refractivity contribution >= 4 is 51.3 Å². The Morgan fingerprint density at radius 2 is 1.10 bits per heavy atom. The Hall–Kier alpha value is -1.92. The molecule has 0 aliphatic rings. The van der Waals surface area contributed by atoms with E-state index in [1.807, 2.05) is 41.5 Å².